The minimum absolute atomic E-state index is 0.301. The molecule has 1 aromatic carbocycles. The second-order valence-electron chi connectivity index (χ2n) is 4.29. The molecule has 17 heavy (non-hydrogen) atoms. The summed E-state index contributed by atoms with van der Waals surface area (Å²) in [6.07, 6.45) is 2.59. The molecule has 0 amide bonds. The predicted octanol–water partition coefficient (Wildman–Crippen LogP) is 2.83. The van der Waals surface area contributed by atoms with Crippen molar-refractivity contribution in [2.45, 2.75) is 19.4 Å². The third kappa shape index (κ3) is 3.07. The second kappa shape index (κ2) is 5.65. The number of rotatable bonds is 3. The molecule has 0 saturated carbocycles. The molecule has 1 aromatic rings. The van der Waals surface area contributed by atoms with E-state index in [1.807, 2.05) is 18.2 Å². The van der Waals surface area contributed by atoms with Crippen LogP contribution in [0.5, 0.6) is 0 Å². The fourth-order valence-corrected chi connectivity index (χ4v) is 2.72. The minimum Gasteiger partial charge on any atom is -0.465 e. The fraction of sp³-hybridized carbons (Fsp3) is 0.462. The van der Waals surface area contributed by atoms with E-state index in [-0.39, 0.29) is 5.97 Å². The van der Waals surface area contributed by atoms with Crippen molar-refractivity contribution < 1.29 is 9.53 Å². The number of halogens is 1. The first-order valence-corrected chi connectivity index (χ1v) is 6.59. The molecule has 1 heterocycles. The van der Waals surface area contributed by atoms with Gasteiger partial charge in [-0.1, -0.05) is 6.07 Å². The number of hydrogen-bond donors (Lipinski definition) is 0. The summed E-state index contributed by atoms with van der Waals surface area (Å²) in [5.41, 5.74) is 1.81. The summed E-state index contributed by atoms with van der Waals surface area (Å²) in [7, 11) is 1.40. The quantitative estimate of drug-likeness (QED) is 0.804. The molecule has 0 aliphatic carbocycles. The lowest BCUT2D eigenvalue weighted by atomic mass is 10.1. The zero-order valence-electron chi connectivity index (χ0n) is 9.91. The van der Waals surface area contributed by atoms with Crippen LogP contribution in [0.4, 0.5) is 0 Å². The van der Waals surface area contributed by atoms with Gasteiger partial charge in [-0.05, 0) is 59.6 Å². The van der Waals surface area contributed by atoms with Crippen LogP contribution >= 0.6 is 15.9 Å². The van der Waals surface area contributed by atoms with Gasteiger partial charge >= 0.3 is 5.97 Å². The number of benzene rings is 1. The molecule has 0 atom stereocenters. The molecule has 0 bridgehead atoms. The van der Waals surface area contributed by atoms with Gasteiger partial charge in [0, 0.05) is 11.0 Å². The number of carbonyl (C=O) groups is 1. The van der Waals surface area contributed by atoms with Gasteiger partial charge in [-0.15, -0.1) is 0 Å². The van der Waals surface area contributed by atoms with Crippen LogP contribution in [0, 0.1) is 0 Å². The van der Waals surface area contributed by atoms with Gasteiger partial charge in [-0.2, -0.15) is 0 Å². The van der Waals surface area contributed by atoms with Gasteiger partial charge in [0.05, 0.1) is 12.7 Å². The van der Waals surface area contributed by atoms with Crippen molar-refractivity contribution in [2.24, 2.45) is 0 Å². The van der Waals surface area contributed by atoms with Crippen LogP contribution < -0.4 is 0 Å². The van der Waals surface area contributed by atoms with Crippen LogP contribution in [0.3, 0.4) is 0 Å². The molecule has 0 unspecified atom stereocenters. The lowest BCUT2D eigenvalue weighted by molar-refractivity contribution is 0.0599. The van der Waals surface area contributed by atoms with Crippen molar-refractivity contribution in [3.05, 3.63) is 33.8 Å². The summed E-state index contributed by atoms with van der Waals surface area (Å²) in [4.78, 5) is 13.9. The van der Waals surface area contributed by atoms with E-state index in [9.17, 15) is 4.79 Å². The van der Waals surface area contributed by atoms with Crippen molar-refractivity contribution in [2.75, 3.05) is 20.2 Å². The average Bonchev–Trinajstić information content (AvgIpc) is 2.81. The molecule has 0 radical (unpaired) electrons. The number of methoxy groups -OCH3 is 1. The Bertz CT molecular complexity index is 414. The molecular formula is C13H16BrNO2. The van der Waals surface area contributed by atoms with Gasteiger partial charge in [0.15, 0.2) is 0 Å². The van der Waals surface area contributed by atoms with Crippen LogP contribution in [-0.4, -0.2) is 31.1 Å². The van der Waals surface area contributed by atoms with Gasteiger partial charge < -0.3 is 4.74 Å². The largest absolute Gasteiger partial charge is 0.465 e. The van der Waals surface area contributed by atoms with Gasteiger partial charge in [-0.25, -0.2) is 4.79 Å². The van der Waals surface area contributed by atoms with E-state index in [0.717, 1.165) is 11.0 Å². The molecule has 4 heteroatoms. The molecule has 3 nitrogen and oxygen atoms in total. The first kappa shape index (κ1) is 12.6. The lowest BCUT2D eigenvalue weighted by Gasteiger charge is -2.15. The Balaban J connectivity index is 2.10. The monoisotopic (exact) mass is 297 g/mol. The van der Waals surface area contributed by atoms with E-state index >= 15 is 0 Å². The van der Waals surface area contributed by atoms with Crippen molar-refractivity contribution in [3.63, 3.8) is 0 Å². The SMILES string of the molecule is COC(=O)c1ccc(CN2CCCC2)cc1Br. The summed E-state index contributed by atoms with van der Waals surface area (Å²) in [5, 5.41) is 0. The summed E-state index contributed by atoms with van der Waals surface area (Å²) in [6.45, 7) is 3.31. The van der Waals surface area contributed by atoms with E-state index in [2.05, 4.69) is 20.8 Å². The highest BCUT2D eigenvalue weighted by molar-refractivity contribution is 9.10. The van der Waals surface area contributed by atoms with E-state index < -0.39 is 0 Å². The molecule has 0 aromatic heterocycles. The lowest BCUT2D eigenvalue weighted by Crippen LogP contribution is -2.18. The molecule has 92 valence electrons. The zero-order chi connectivity index (χ0) is 12.3. The van der Waals surface area contributed by atoms with Crippen LogP contribution in [-0.2, 0) is 11.3 Å². The summed E-state index contributed by atoms with van der Waals surface area (Å²) < 4.78 is 5.52. The smallest absolute Gasteiger partial charge is 0.338 e. The first-order valence-electron chi connectivity index (χ1n) is 5.80. The highest BCUT2D eigenvalue weighted by Crippen LogP contribution is 2.21. The molecule has 1 fully saturated rings. The maximum absolute atomic E-state index is 11.4. The van der Waals surface area contributed by atoms with Gasteiger partial charge in [0.2, 0.25) is 0 Å². The Kier molecular flexibility index (Phi) is 4.18. The Morgan fingerprint density at radius 2 is 2.12 bits per heavy atom. The Hall–Kier alpha value is -0.870. The van der Waals surface area contributed by atoms with Gasteiger partial charge in [-0.3, -0.25) is 4.90 Å². The van der Waals surface area contributed by atoms with E-state index in [1.165, 1.54) is 38.6 Å². The highest BCUT2D eigenvalue weighted by Gasteiger charge is 2.14. The minimum atomic E-state index is -0.301. The zero-order valence-corrected chi connectivity index (χ0v) is 11.5. The highest BCUT2D eigenvalue weighted by atomic mass is 79.9. The van der Waals surface area contributed by atoms with Gasteiger partial charge in [0.25, 0.3) is 0 Å². The van der Waals surface area contributed by atoms with Gasteiger partial charge in [0.1, 0.15) is 0 Å². The molecule has 0 N–H and O–H groups in total. The summed E-state index contributed by atoms with van der Waals surface area (Å²) in [6, 6.07) is 5.82. The standard InChI is InChI=1S/C13H16BrNO2/c1-17-13(16)11-5-4-10(8-12(11)14)9-15-6-2-3-7-15/h4-5,8H,2-3,6-7,9H2,1H3. The Morgan fingerprint density at radius 1 is 1.41 bits per heavy atom. The second-order valence-corrected chi connectivity index (χ2v) is 5.14. The van der Waals surface area contributed by atoms with Crippen molar-refractivity contribution in [3.8, 4) is 0 Å². The topological polar surface area (TPSA) is 29.5 Å². The van der Waals surface area contributed by atoms with Crippen LogP contribution in [0.25, 0.3) is 0 Å². The molecule has 2 rings (SSSR count). The summed E-state index contributed by atoms with van der Waals surface area (Å²) >= 11 is 3.42. The van der Waals surface area contributed by atoms with E-state index in [0.29, 0.717) is 5.56 Å². The summed E-state index contributed by atoms with van der Waals surface area (Å²) in [5.74, 6) is -0.301. The van der Waals surface area contributed by atoms with Crippen molar-refractivity contribution in [1.29, 1.82) is 0 Å². The van der Waals surface area contributed by atoms with Crippen LogP contribution in [0.1, 0.15) is 28.8 Å². The third-order valence-corrected chi connectivity index (χ3v) is 3.70. The van der Waals surface area contributed by atoms with Crippen molar-refractivity contribution in [1.82, 2.24) is 4.90 Å². The number of nitrogens with zero attached hydrogens (tertiary/aromatic N) is 1. The molecule has 0 spiro atoms. The molecule has 1 saturated heterocycles. The number of esters is 1. The first-order chi connectivity index (χ1) is 8.20. The number of hydrogen-bond acceptors (Lipinski definition) is 3. The Morgan fingerprint density at radius 3 is 2.71 bits per heavy atom. The average molecular weight is 298 g/mol. The van der Waals surface area contributed by atoms with Crippen molar-refractivity contribution >= 4 is 21.9 Å². The normalized spacial score (nSPS) is 16.1. The molecule has 1 aliphatic heterocycles. The maximum atomic E-state index is 11.4. The molecular weight excluding hydrogens is 282 g/mol. The fourth-order valence-electron chi connectivity index (χ4n) is 2.13. The van der Waals surface area contributed by atoms with E-state index in [4.69, 9.17) is 4.74 Å². The third-order valence-electron chi connectivity index (χ3n) is 3.04. The molecule has 1 aliphatic rings. The maximum Gasteiger partial charge on any atom is 0.338 e. The van der Waals surface area contributed by atoms with Crippen LogP contribution in [0.2, 0.25) is 0 Å². The number of ether oxygens (including phenoxy) is 1. The number of likely N-dealkylation sites (tertiary alicyclic amines) is 1. The van der Waals surface area contributed by atoms with E-state index in [1.54, 1.807) is 0 Å². The number of carbonyl (C=O) groups excluding carboxylic acids is 1. The Labute approximate surface area is 110 Å². The predicted molar refractivity (Wildman–Crippen MR) is 70.0 cm³/mol. The van der Waals surface area contributed by atoms with Crippen LogP contribution in [0.15, 0.2) is 22.7 Å².